The zero-order valence-electron chi connectivity index (χ0n) is 17.2. The van der Waals surface area contributed by atoms with Crippen molar-refractivity contribution < 1.29 is 14.0 Å². The zero-order valence-corrected chi connectivity index (χ0v) is 18.0. The summed E-state index contributed by atoms with van der Waals surface area (Å²) in [6.45, 7) is 3.80. The molecule has 2 aromatic carbocycles. The van der Waals surface area contributed by atoms with Gasteiger partial charge in [-0.25, -0.2) is 4.39 Å². The van der Waals surface area contributed by atoms with E-state index in [4.69, 9.17) is 11.6 Å². The Morgan fingerprint density at radius 2 is 1.81 bits per heavy atom. The van der Waals surface area contributed by atoms with Gasteiger partial charge in [0.25, 0.3) is 5.91 Å². The van der Waals surface area contributed by atoms with Gasteiger partial charge in [0, 0.05) is 16.3 Å². The number of anilines is 2. The molecule has 3 aromatic rings. The van der Waals surface area contributed by atoms with E-state index in [0.717, 1.165) is 6.42 Å². The molecule has 162 valence electrons. The number of halogens is 2. The molecule has 5 nitrogen and oxygen atoms in total. The lowest BCUT2D eigenvalue weighted by Crippen LogP contribution is -2.46. The monoisotopic (exact) mass is 449 g/mol. The van der Waals surface area contributed by atoms with Crippen LogP contribution in [0, 0.1) is 5.82 Å². The van der Waals surface area contributed by atoms with Crippen molar-refractivity contribution in [3.05, 3.63) is 95.0 Å². The maximum Gasteiger partial charge on any atom is 0.255 e. The van der Waals surface area contributed by atoms with Crippen molar-refractivity contribution in [2.24, 2.45) is 0 Å². The third-order valence-electron chi connectivity index (χ3n) is 5.69. The highest BCUT2D eigenvalue weighted by Gasteiger charge is 2.47. The van der Waals surface area contributed by atoms with Crippen molar-refractivity contribution in [2.45, 2.75) is 24.7 Å². The van der Waals surface area contributed by atoms with Crippen molar-refractivity contribution in [3.63, 3.8) is 0 Å². The molecule has 0 saturated heterocycles. The number of amides is 2. The van der Waals surface area contributed by atoms with Crippen LogP contribution in [0.1, 0.15) is 41.0 Å². The molecule has 1 fully saturated rings. The van der Waals surface area contributed by atoms with Crippen LogP contribution in [0.4, 0.5) is 15.8 Å². The van der Waals surface area contributed by atoms with Gasteiger partial charge in [-0.05, 0) is 73.5 Å². The largest absolute Gasteiger partial charge is 0.325 e. The highest BCUT2D eigenvalue weighted by molar-refractivity contribution is 6.31. The van der Waals surface area contributed by atoms with Crippen LogP contribution in [0.25, 0.3) is 6.08 Å². The molecule has 0 aliphatic heterocycles. The molecule has 0 radical (unpaired) electrons. The average molecular weight is 450 g/mol. The fourth-order valence-corrected chi connectivity index (χ4v) is 3.93. The summed E-state index contributed by atoms with van der Waals surface area (Å²) in [5.74, 6) is -0.875. The minimum atomic E-state index is -0.776. The van der Waals surface area contributed by atoms with Crippen LogP contribution >= 0.6 is 11.6 Å². The molecule has 0 atom stereocenters. The molecule has 4 rings (SSSR count). The van der Waals surface area contributed by atoms with Gasteiger partial charge >= 0.3 is 0 Å². The van der Waals surface area contributed by atoms with Crippen molar-refractivity contribution >= 4 is 40.9 Å². The molecule has 1 aromatic heterocycles. The number of carbonyl (C=O) groups excluding carboxylic acids is 2. The van der Waals surface area contributed by atoms with Crippen LogP contribution in [0.3, 0.4) is 0 Å². The molecule has 1 aliphatic rings. The second-order valence-corrected chi connectivity index (χ2v) is 8.13. The Morgan fingerprint density at radius 1 is 1.06 bits per heavy atom. The average Bonchev–Trinajstić information content (AvgIpc) is 2.75. The number of aromatic nitrogens is 1. The Kier molecular flexibility index (Phi) is 6.06. The third kappa shape index (κ3) is 4.27. The van der Waals surface area contributed by atoms with Gasteiger partial charge in [-0.2, -0.15) is 0 Å². The molecule has 2 N–H and O–H groups in total. The van der Waals surface area contributed by atoms with Gasteiger partial charge in [-0.15, -0.1) is 0 Å². The van der Waals surface area contributed by atoms with Crippen LogP contribution in [-0.4, -0.2) is 16.8 Å². The summed E-state index contributed by atoms with van der Waals surface area (Å²) < 4.78 is 13.2. The highest BCUT2D eigenvalue weighted by Crippen LogP contribution is 2.44. The van der Waals surface area contributed by atoms with E-state index in [1.165, 1.54) is 24.3 Å². The molecule has 0 spiro atoms. The minimum absolute atomic E-state index is 0.186. The van der Waals surface area contributed by atoms with E-state index in [0.29, 0.717) is 46.2 Å². The van der Waals surface area contributed by atoms with Gasteiger partial charge in [0.2, 0.25) is 5.91 Å². The Morgan fingerprint density at radius 3 is 2.44 bits per heavy atom. The SMILES string of the molecule is C=Cc1nc(C2(C(=O)Nc3ccc(F)cc3)CCC2)ccc1NC(=O)c1cccc(Cl)c1. The number of carbonyl (C=O) groups is 2. The summed E-state index contributed by atoms with van der Waals surface area (Å²) in [7, 11) is 0. The normalized spacial score (nSPS) is 14.2. The fraction of sp³-hybridized carbons (Fsp3) is 0.160. The molecule has 1 aliphatic carbocycles. The van der Waals surface area contributed by atoms with E-state index in [2.05, 4.69) is 22.2 Å². The smallest absolute Gasteiger partial charge is 0.255 e. The summed E-state index contributed by atoms with van der Waals surface area (Å²) in [6, 6.07) is 15.8. The third-order valence-corrected chi connectivity index (χ3v) is 5.92. The number of hydrogen-bond acceptors (Lipinski definition) is 3. The highest BCUT2D eigenvalue weighted by atomic mass is 35.5. The number of nitrogens with one attached hydrogen (secondary N) is 2. The van der Waals surface area contributed by atoms with E-state index in [-0.39, 0.29) is 17.6 Å². The summed E-state index contributed by atoms with van der Waals surface area (Å²) in [5, 5.41) is 6.16. The van der Waals surface area contributed by atoms with Gasteiger partial charge in [-0.1, -0.05) is 30.7 Å². The summed E-state index contributed by atoms with van der Waals surface area (Å²) in [5.41, 5.74) is 1.74. The quantitative estimate of drug-likeness (QED) is 0.497. The molecule has 7 heteroatoms. The summed E-state index contributed by atoms with van der Waals surface area (Å²) in [4.78, 5) is 30.4. The molecule has 1 heterocycles. The molecule has 0 bridgehead atoms. The van der Waals surface area contributed by atoms with Crippen LogP contribution in [0.5, 0.6) is 0 Å². The van der Waals surface area contributed by atoms with Gasteiger partial charge in [0.15, 0.2) is 0 Å². The maximum absolute atomic E-state index is 13.2. The molecule has 1 saturated carbocycles. The van der Waals surface area contributed by atoms with Crippen molar-refractivity contribution in [1.82, 2.24) is 4.98 Å². The second-order valence-electron chi connectivity index (χ2n) is 7.69. The van der Waals surface area contributed by atoms with Gasteiger partial charge in [-0.3, -0.25) is 14.6 Å². The second kappa shape index (κ2) is 8.93. The lowest BCUT2D eigenvalue weighted by Gasteiger charge is -2.39. The number of benzene rings is 2. The van der Waals surface area contributed by atoms with Crippen LogP contribution in [-0.2, 0) is 10.2 Å². The lowest BCUT2D eigenvalue weighted by molar-refractivity contribution is -0.124. The number of nitrogens with zero attached hydrogens (tertiary/aromatic N) is 1. The van der Waals surface area contributed by atoms with Crippen molar-refractivity contribution in [3.8, 4) is 0 Å². The van der Waals surface area contributed by atoms with Crippen LogP contribution < -0.4 is 10.6 Å². The number of pyridine rings is 1. The maximum atomic E-state index is 13.2. The van der Waals surface area contributed by atoms with Crippen molar-refractivity contribution in [1.29, 1.82) is 0 Å². The summed E-state index contributed by atoms with van der Waals surface area (Å²) >= 11 is 5.97. The van der Waals surface area contributed by atoms with E-state index in [1.807, 2.05) is 0 Å². The first-order chi connectivity index (χ1) is 15.4. The zero-order chi connectivity index (χ0) is 22.7. The number of rotatable bonds is 6. The predicted molar refractivity (Wildman–Crippen MR) is 124 cm³/mol. The van der Waals surface area contributed by atoms with E-state index < -0.39 is 5.41 Å². The van der Waals surface area contributed by atoms with Gasteiger partial charge in [0.05, 0.1) is 22.5 Å². The first kappa shape index (κ1) is 21.7. The topological polar surface area (TPSA) is 71.1 Å². The van der Waals surface area contributed by atoms with Crippen molar-refractivity contribution in [2.75, 3.05) is 10.6 Å². The Balaban J connectivity index is 1.58. The Bertz CT molecular complexity index is 1190. The fourth-order valence-electron chi connectivity index (χ4n) is 3.74. The molecule has 0 unspecified atom stereocenters. The molecular weight excluding hydrogens is 429 g/mol. The first-order valence-corrected chi connectivity index (χ1v) is 10.6. The first-order valence-electron chi connectivity index (χ1n) is 10.2. The van der Waals surface area contributed by atoms with E-state index >= 15 is 0 Å². The standard InChI is InChI=1S/C25H21ClFN3O2/c1-2-20-21(30-23(31)16-5-3-6-17(26)15-16)11-12-22(29-20)25(13-4-14-25)24(32)28-19-9-7-18(27)8-10-19/h2-3,5-12,15H,1,4,13-14H2,(H,28,32)(H,30,31). The van der Waals surface area contributed by atoms with Gasteiger partial charge < -0.3 is 10.6 Å². The Hall–Kier alpha value is -3.51. The molecule has 2 amide bonds. The molecular formula is C25H21ClFN3O2. The molecule has 32 heavy (non-hydrogen) atoms. The van der Waals surface area contributed by atoms with E-state index in [1.54, 1.807) is 42.5 Å². The van der Waals surface area contributed by atoms with Crippen LogP contribution in [0.2, 0.25) is 5.02 Å². The lowest BCUT2D eigenvalue weighted by atomic mass is 9.65. The van der Waals surface area contributed by atoms with Crippen LogP contribution in [0.15, 0.2) is 67.2 Å². The minimum Gasteiger partial charge on any atom is -0.325 e. The van der Waals surface area contributed by atoms with Gasteiger partial charge in [0.1, 0.15) is 5.82 Å². The predicted octanol–water partition coefficient (Wildman–Crippen LogP) is 5.83. The van der Waals surface area contributed by atoms with E-state index in [9.17, 15) is 14.0 Å². The number of hydrogen-bond donors (Lipinski definition) is 2. The Labute approximate surface area is 190 Å². The summed E-state index contributed by atoms with van der Waals surface area (Å²) in [6.07, 6.45) is 3.74.